The number of pyridine rings is 1. The summed E-state index contributed by atoms with van der Waals surface area (Å²) in [4.78, 5) is 8.75. The Morgan fingerprint density at radius 3 is 2.83 bits per heavy atom. The van der Waals surface area contributed by atoms with Gasteiger partial charge in [0.1, 0.15) is 12.1 Å². The van der Waals surface area contributed by atoms with Crippen LogP contribution < -0.4 is 0 Å². The molecule has 2 aromatic heterocycles. The zero-order valence-electron chi connectivity index (χ0n) is 10.2. The molecule has 0 radical (unpaired) electrons. The van der Waals surface area contributed by atoms with Crippen LogP contribution in [0.4, 0.5) is 0 Å². The van der Waals surface area contributed by atoms with Crippen LogP contribution >= 0.6 is 0 Å². The smallest absolute Gasteiger partial charge is 0.201 e. The average Bonchev–Trinajstić information content (AvgIpc) is 2.87. The van der Waals surface area contributed by atoms with Gasteiger partial charge in [-0.05, 0) is 25.5 Å². The molecule has 3 heterocycles. The molecule has 0 amide bonds. The number of rotatable bonds is 2. The van der Waals surface area contributed by atoms with Gasteiger partial charge in [0.15, 0.2) is 0 Å². The molecule has 0 spiro atoms. The maximum absolute atomic E-state index is 5.55. The Morgan fingerprint density at radius 1 is 1.28 bits per heavy atom. The lowest BCUT2D eigenvalue weighted by Gasteiger charge is -2.22. The molecule has 0 saturated carbocycles. The van der Waals surface area contributed by atoms with E-state index in [-0.39, 0.29) is 6.29 Å². The number of hydrogen-bond acceptors (Lipinski definition) is 4. The van der Waals surface area contributed by atoms with Gasteiger partial charge < -0.3 is 9.47 Å². The van der Waals surface area contributed by atoms with Crippen molar-refractivity contribution in [2.45, 2.75) is 19.6 Å². The molecule has 1 saturated heterocycles. The lowest BCUT2D eigenvalue weighted by molar-refractivity contribution is -0.185. The van der Waals surface area contributed by atoms with Crippen molar-refractivity contribution in [3.8, 4) is 5.82 Å². The fourth-order valence-electron chi connectivity index (χ4n) is 1.92. The molecule has 2 aromatic rings. The fraction of sp³-hybridized carbons (Fsp3) is 0.385. The molecule has 1 aliphatic heterocycles. The standard InChI is InChI=1S/C13H15N3O2/c1-10-8-16(9-14-10)12-5-2-4-11(15-12)13-17-6-3-7-18-13/h2,4-5,8-9,13H,3,6-7H2,1H3. The summed E-state index contributed by atoms with van der Waals surface area (Å²) in [6.45, 7) is 3.40. The zero-order valence-corrected chi connectivity index (χ0v) is 10.2. The van der Waals surface area contributed by atoms with Crippen molar-refractivity contribution in [3.63, 3.8) is 0 Å². The minimum absolute atomic E-state index is 0.344. The Kier molecular flexibility index (Phi) is 3.08. The molecule has 1 aliphatic rings. The molecule has 0 aliphatic carbocycles. The van der Waals surface area contributed by atoms with Crippen LogP contribution in [0.15, 0.2) is 30.7 Å². The van der Waals surface area contributed by atoms with Crippen LogP contribution in [0.2, 0.25) is 0 Å². The monoisotopic (exact) mass is 245 g/mol. The molecule has 18 heavy (non-hydrogen) atoms. The van der Waals surface area contributed by atoms with Crippen LogP contribution in [0.25, 0.3) is 5.82 Å². The largest absolute Gasteiger partial charge is 0.347 e. The summed E-state index contributed by atoms with van der Waals surface area (Å²) >= 11 is 0. The van der Waals surface area contributed by atoms with Crippen molar-refractivity contribution >= 4 is 0 Å². The van der Waals surface area contributed by atoms with Gasteiger partial charge in [-0.15, -0.1) is 0 Å². The number of imidazole rings is 1. The van der Waals surface area contributed by atoms with Crippen molar-refractivity contribution in [1.82, 2.24) is 14.5 Å². The molecule has 5 nitrogen and oxygen atoms in total. The normalized spacial score (nSPS) is 16.9. The van der Waals surface area contributed by atoms with Crippen molar-refractivity contribution in [3.05, 3.63) is 42.1 Å². The van der Waals surface area contributed by atoms with E-state index in [1.54, 1.807) is 6.33 Å². The minimum atomic E-state index is -0.344. The van der Waals surface area contributed by atoms with Gasteiger partial charge in [-0.3, -0.25) is 4.57 Å². The van der Waals surface area contributed by atoms with Gasteiger partial charge in [0.05, 0.1) is 24.6 Å². The van der Waals surface area contributed by atoms with Crippen molar-refractivity contribution in [2.24, 2.45) is 0 Å². The van der Waals surface area contributed by atoms with Crippen molar-refractivity contribution in [2.75, 3.05) is 13.2 Å². The third kappa shape index (κ3) is 2.27. The molecule has 0 unspecified atom stereocenters. The molecule has 0 bridgehead atoms. The molecule has 1 fully saturated rings. The molecule has 94 valence electrons. The van der Waals surface area contributed by atoms with E-state index < -0.39 is 0 Å². The summed E-state index contributed by atoms with van der Waals surface area (Å²) in [5, 5.41) is 0. The van der Waals surface area contributed by atoms with E-state index in [1.165, 1.54) is 0 Å². The zero-order chi connectivity index (χ0) is 12.4. The van der Waals surface area contributed by atoms with Crippen LogP contribution in [0.1, 0.15) is 24.1 Å². The van der Waals surface area contributed by atoms with E-state index in [0.29, 0.717) is 0 Å². The first-order valence-corrected chi connectivity index (χ1v) is 6.04. The van der Waals surface area contributed by atoms with Gasteiger partial charge in [0.2, 0.25) is 6.29 Å². The van der Waals surface area contributed by atoms with E-state index in [0.717, 1.165) is 36.8 Å². The Morgan fingerprint density at radius 2 is 2.11 bits per heavy atom. The third-order valence-electron chi connectivity index (χ3n) is 2.80. The van der Waals surface area contributed by atoms with Crippen LogP contribution in [0.5, 0.6) is 0 Å². The number of aryl methyl sites for hydroxylation is 1. The summed E-state index contributed by atoms with van der Waals surface area (Å²) in [5.41, 5.74) is 1.77. The van der Waals surface area contributed by atoms with Gasteiger partial charge in [-0.25, -0.2) is 9.97 Å². The second-order valence-electron chi connectivity index (χ2n) is 4.27. The van der Waals surface area contributed by atoms with E-state index in [2.05, 4.69) is 9.97 Å². The molecule has 0 N–H and O–H groups in total. The molecular formula is C13H15N3O2. The van der Waals surface area contributed by atoms with Crippen LogP contribution in [-0.2, 0) is 9.47 Å². The van der Waals surface area contributed by atoms with E-state index in [9.17, 15) is 0 Å². The highest BCUT2D eigenvalue weighted by Crippen LogP contribution is 2.21. The predicted molar refractivity (Wildman–Crippen MR) is 65.4 cm³/mol. The highest BCUT2D eigenvalue weighted by molar-refractivity contribution is 5.25. The van der Waals surface area contributed by atoms with E-state index in [1.807, 2.05) is 35.9 Å². The fourth-order valence-corrected chi connectivity index (χ4v) is 1.92. The SMILES string of the molecule is Cc1cn(-c2cccc(C3OCCCO3)n2)cn1. The van der Waals surface area contributed by atoms with Crippen LogP contribution in [-0.4, -0.2) is 27.7 Å². The summed E-state index contributed by atoms with van der Waals surface area (Å²) in [6.07, 6.45) is 4.29. The van der Waals surface area contributed by atoms with Gasteiger partial charge in [-0.1, -0.05) is 6.07 Å². The molecule has 5 heteroatoms. The number of aromatic nitrogens is 3. The van der Waals surface area contributed by atoms with Crippen LogP contribution in [0.3, 0.4) is 0 Å². The average molecular weight is 245 g/mol. The third-order valence-corrected chi connectivity index (χ3v) is 2.80. The summed E-state index contributed by atoms with van der Waals surface area (Å²) < 4.78 is 13.0. The molecule has 0 aromatic carbocycles. The second kappa shape index (κ2) is 4.88. The number of nitrogens with zero attached hydrogens (tertiary/aromatic N) is 3. The Bertz CT molecular complexity index is 533. The van der Waals surface area contributed by atoms with E-state index >= 15 is 0 Å². The molecule has 3 rings (SSSR count). The van der Waals surface area contributed by atoms with Crippen LogP contribution in [0, 0.1) is 6.92 Å². The first-order valence-electron chi connectivity index (χ1n) is 6.04. The Balaban J connectivity index is 1.88. The quantitative estimate of drug-likeness (QED) is 0.812. The first-order chi connectivity index (χ1) is 8.83. The lowest BCUT2D eigenvalue weighted by Crippen LogP contribution is -2.19. The lowest BCUT2D eigenvalue weighted by atomic mass is 10.3. The highest BCUT2D eigenvalue weighted by atomic mass is 16.7. The number of ether oxygens (including phenoxy) is 2. The summed E-state index contributed by atoms with van der Waals surface area (Å²) in [5.74, 6) is 0.825. The molecular weight excluding hydrogens is 230 g/mol. The topological polar surface area (TPSA) is 49.2 Å². The van der Waals surface area contributed by atoms with Crippen molar-refractivity contribution in [1.29, 1.82) is 0 Å². The maximum atomic E-state index is 5.55. The summed E-state index contributed by atoms with van der Waals surface area (Å²) in [6, 6.07) is 5.81. The Labute approximate surface area is 105 Å². The van der Waals surface area contributed by atoms with Gasteiger partial charge in [0, 0.05) is 6.20 Å². The second-order valence-corrected chi connectivity index (χ2v) is 4.27. The maximum Gasteiger partial charge on any atom is 0.201 e. The Hall–Kier alpha value is -1.72. The van der Waals surface area contributed by atoms with Crippen molar-refractivity contribution < 1.29 is 9.47 Å². The molecule has 0 atom stereocenters. The van der Waals surface area contributed by atoms with E-state index in [4.69, 9.17) is 9.47 Å². The van der Waals surface area contributed by atoms with Gasteiger partial charge in [-0.2, -0.15) is 0 Å². The van der Waals surface area contributed by atoms with Gasteiger partial charge >= 0.3 is 0 Å². The first kappa shape index (κ1) is 11.4. The van der Waals surface area contributed by atoms with Gasteiger partial charge in [0.25, 0.3) is 0 Å². The number of hydrogen-bond donors (Lipinski definition) is 0. The summed E-state index contributed by atoms with van der Waals surface area (Å²) in [7, 11) is 0. The predicted octanol–water partition coefficient (Wildman–Crippen LogP) is 2.01. The highest BCUT2D eigenvalue weighted by Gasteiger charge is 2.18. The minimum Gasteiger partial charge on any atom is -0.347 e.